The topological polar surface area (TPSA) is 26.3 Å². The Labute approximate surface area is 128 Å². The quantitative estimate of drug-likeness (QED) is 0.562. The fourth-order valence-electron chi connectivity index (χ4n) is 3.17. The van der Waals surface area contributed by atoms with Crippen LogP contribution in [0.15, 0.2) is 24.3 Å². The van der Waals surface area contributed by atoms with Crippen molar-refractivity contribution in [1.82, 2.24) is 0 Å². The monoisotopic (exact) mass is 314 g/mol. The van der Waals surface area contributed by atoms with Gasteiger partial charge in [0.05, 0.1) is 0 Å². The second kappa shape index (κ2) is 7.16. The average Bonchev–Trinajstić information content (AvgIpc) is 2.48. The number of benzene rings is 1. The molecule has 1 aliphatic rings. The number of halogens is 3. The van der Waals surface area contributed by atoms with Crippen molar-refractivity contribution in [3.05, 3.63) is 29.8 Å². The van der Waals surface area contributed by atoms with Crippen LogP contribution in [0.5, 0.6) is 5.75 Å². The molecule has 1 aromatic rings. The Morgan fingerprint density at radius 1 is 1.14 bits per heavy atom. The van der Waals surface area contributed by atoms with E-state index in [9.17, 15) is 18.0 Å². The summed E-state index contributed by atoms with van der Waals surface area (Å²) in [5.74, 6) is -0.972. The van der Waals surface area contributed by atoms with Crippen molar-refractivity contribution < 1.29 is 22.7 Å². The number of hydrogen-bond acceptors (Lipinski definition) is 2. The van der Waals surface area contributed by atoms with Crippen LogP contribution >= 0.6 is 0 Å². The van der Waals surface area contributed by atoms with Crippen LogP contribution in [-0.4, -0.2) is 12.1 Å². The summed E-state index contributed by atoms with van der Waals surface area (Å²) in [5.41, 5.74) is 1.11. The maximum absolute atomic E-state index is 12.1. The van der Waals surface area contributed by atoms with Gasteiger partial charge < -0.3 is 4.74 Å². The first kappa shape index (κ1) is 16.8. The third-order valence-electron chi connectivity index (χ3n) is 4.34. The lowest BCUT2D eigenvalue weighted by molar-refractivity contribution is -0.189. The lowest BCUT2D eigenvalue weighted by Gasteiger charge is -2.28. The van der Waals surface area contributed by atoms with Crippen molar-refractivity contribution in [2.45, 2.75) is 57.5 Å². The first-order chi connectivity index (χ1) is 10.4. The first-order valence-electron chi connectivity index (χ1n) is 7.79. The molecule has 2 nitrogen and oxygen atoms in total. The highest BCUT2D eigenvalue weighted by molar-refractivity contribution is 5.78. The third-order valence-corrected chi connectivity index (χ3v) is 4.34. The molecule has 22 heavy (non-hydrogen) atoms. The van der Waals surface area contributed by atoms with Gasteiger partial charge in [-0.25, -0.2) is 4.79 Å². The Balaban J connectivity index is 1.91. The normalized spacial score (nSPS) is 22.4. The highest BCUT2D eigenvalue weighted by Gasteiger charge is 2.41. The van der Waals surface area contributed by atoms with Crippen LogP contribution < -0.4 is 4.74 Å². The molecule has 0 aromatic heterocycles. The predicted molar refractivity (Wildman–Crippen MR) is 77.7 cm³/mol. The SMILES string of the molecule is CCCC1CCC(c2ccc(OC(=O)C(F)(F)F)cc2)CC1. The fourth-order valence-corrected chi connectivity index (χ4v) is 3.17. The Kier molecular flexibility index (Phi) is 5.48. The van der Waals surface area contributed by atoms with Crippen LogP contribution in [0.2, 0.25) is 0 Å². The van der Waals surface area contributed by atoms with Crippen molar-refractivity contribution in [2.75, 3.05) is 0 Å². The Bertz CT molecular complexity index is 486. The highest BCUT2D eigenvalue weighted by atomic mass is 19.4. The van der Waals surface area contributed by atoms with Gasteiger partial charge >= 0.3 is 12.1 Å². The molecule has 1 saturated carbocycles. The van der Waals surface area contributed by atoms with Crippen LogP contribution in [0.3, 0.4) is 0 Å². The molecule has 122 valence electrons. The Hall–Kier alpha value is -1.52. The first-order valence-corrected chi connectivity index (χ1v) is 7.79. The predicted octanol–water partition coefficient (Wildman–Crippen LogP) is 5.23. The minimum Gasteiger partial charge on any atom is -0.420 e. The van der Waals surface area contributed by atoms with E-state index in [1.54, 1.807) is 12.1 Å². The lowest BCUT2D eigenvalue weighted by Crippen LogP contribution is -2.27. The summed E-state index contributed by atoms with van der Waals surface area (Å²) in [7, 11) is 0. The van der Waals surface area contributed by atoms with E-state index in [2.05, 4.69) is 11.7 Å². The van der Waals surface area contributed by atoms with Gasteiger partial charge in [-0.2, -0.15) is 13.2 Å². The Morgan fingerprint density at radius 3 is 2.23 bits per heavy atom. The number of carbonyl (C=O) groups excluding carboxylic acids is 1. The smallest absolute Gasteiger partial charge is 0.420 e. The van der Waals surface area contributed by atoms with E-state index in [1.165, 1.54) is 37.8 Å². The second-order valence-corrected chi connectivity index (χ2v) is 5.96. The summed E-state index contributed by atoms with van der Waals surface area (Å²) >= 11 is 0. The molecule has 1 fully saturated rings. The standard InChI is InChI=1S/C17H21F3O2/c1-2-3-12-4-6-13(7-5-12)14-8-10-15(11-9-14)22-16(21)17(18,19)20/h8-13H,2-7H2,1H3. The van der Waals surface area contributed by atoms with Crippen LogP contribution in [0.25, 0.3) is 0 Å². The minimum atomic E-state index is -4.96. The second-order valence-electron chi connectivity index (χ2n) is 5.96. The minimum absolute atomic E-state index is 0.0641. The number of carbonyl (C=O) groups is 1. The maximum Gasteiger partial charge on any atom is 0.491 e. The van der Waals surface area contributed by atoms with E-state index in [0.717, 1.165) is 24.3 Å². The molecule has 0 atom stereocenters. The molecular formula is C17H21F3O2. The van der Waals surface area contributed by atoms with Gasteiger partial charge in [-0.1, -0.05) is 31.9 Å². The summed E-state index contributed by atoms with van der Waals surface area (Å²) in [6, 6.07) is 6.42. The molecule has 0 N–H and O–H groups in total. The van der Waals surface area contributed by atoms with Crippen LogP contribution in [-0.2, 0) is 4.79 Å². The van der Waals surface area contributed by atoms with Gasteiger partial charge in [0.25, 0.3) is 0 Å². The van der Waals surface area contributed by atoms with E-state index in [4.69, 9.17) is 0 Å². The summed E-state index contributed by atoms with van der Waals surface area (Å²) in [6.07, 6.45) is 2.19. The molecule has 0 heterocycles. The lowest BCUT2D eigenvalue weighted by atomic mass is 9.77. The molecule has 2 rings (SSSR count). The van der Waals surface area contributed by atoms with E-state index >= 15 is 0 Å². The molecule has 5 heteroatoms. The molecule has 0 bridgehead atoms. The fraction of sp³-hybridized carbons (Fsp3) is 0.588. The molecule has 0 aliphatic heterocycles. The van der Waals surface area contributed by atoms with Gasteiger partial charge in [0.1, 0.15) is 5.75 Å². The molecule has 0 saturated heterocycles. The third kappa shape index (κ3) is 4.49. The molecule has 0 unspecified atom stereocenters. The molecule has 0 radical (unpaired) electrons. The van der Waals surface area contributed by atoms with Crippen LogP contribution in [0.4, 0.5) is 13.2 Å². The van der Waals surface area contributed by atoms with Gasteiger partial charge in [-0.3, -0.25) is 0 Å². The van der Waals surface area contributed by atoms with Crippen LogP contribution in [0.1, 0.15) is 56.9 Å². The number of rotatable bonds is 4. The average molecular weight is 314 g/mol. The number of hydrogen-bond donors (Lipinski definition) is 0. The molecule has 1 aliphatic carbocycles. The van der Waals surface area contributed by atoms with E-state index in [-0.39, 0.29) is 5.75 Å². The molecular weight excluding hydrogens is 293 g/mol. The van der Waals surface area contributed by atoms with E-state index in [1.807, 2.05) is 0 Å². The summed E-state index contributed by atoms with van der Waals surface area (Å²) in [5, 5.41) is 0. The van der Waals surface area contributed by atoms with Gasteiger partial charge in [0, 0.05) is 0 Å². The van der Waals surface area contributed by atoms with Gasteiger partial charge in [0.2, 0.25) is 0 Å². The molecule has 0 amide bonds. The van der Waals surface area contributed by atoms with E-state index in [0.29, 0.717) is 5.92 Å². The van der Waals surface area contributed by atoms with Gasteiger partial charge in [0.15, 0.2) is 0 Å². The highest BCUT2D eigenvalue weighted by Crippen LogP contribution is 2.37. The van der Waals surface area contributed by atoms with Crippen molar-refractivity contribution in [3.63, 3.8) is 0 Å². The number of esters is 1. The van der Waals surface area contributed by atoms with Crippen molar-refractivity contribution >= 4 is 5.97 Å². The van der Waals surface area contributed by atoms with Crippen molar-refractivity contribution in [1.29, 1.82) is 0 Å². The summed E-state index contributed by atoms with van der Waals surface area (Å²) in [4.78, 5) is 10.8. The zero-order chi connectivity index (χ0) is 16.2. The maximum atomic E-state index is 12.1. The molecule has 1 aromatic carbocycles. The van der Waals surface area contributed by atoms with Gasteiger partial charge in [-0.15, -0.1) is 0 Å². The zero-order valence-electron chi connectivity index (χ0n) is 12.7. The van der Waals surface area contributed by atoms with Gasteiger partial charge in [-0.05, 0) is 55.2 Å². The summed E-state index contributed by atoms with van der Waals surface area (Å²) in [6.45, 7) is 2.20. The number of alkyl halides is 3. The Morgan fingerprint density at radius 2 is 1.73 bits per heavy atom. The zero-order valence-corrected chi connectivity index (χ0v) is 12.7. The van der Waals surface area contributed by atoms with Crippen LogP contribution in [0, 0.1) is 5.92 Å². The largest absolute Gasteiger partial charge is 0.491 e. The van der Waals surface area contributed by atoms with Crippen molar-refractivity contribution in [2.24, 2.45) is 5.92 Å². The number of ether oxygens (including phenoxy) is 1. The summed E-state index contributed by atoms with van der Waals surface area (Å²) < 4.78 is 40.7. The molecule has 0 spiro atoms. The van der Waals surface area contributed by atoms with Crippen molar-refractivity contribution in [3.8, 4) is 5.75 Å². The van der Waals surface area contributed by atoms with E-state index < -0.39 is 12.1 Å².